The van der Waals surface area contributed by atoms with Gasteiger partial charge >= 0.3 is 23.9 Å². The molecule has 1 unspecified atom stereocenters. The first-order valence-electron chi connectivity index (χ1n) is 13.1. The van der Waals surface area contributed by atoms with Crippen molar-refractivity contribution in [1.82, 2.24) is 10.2 Å². The van der Waals surface area contributed by atoms with Crippen LogP contribution in [0.5, 0.6) is 0 Å². The average Bonchev–Trinajstić information content (AvgIpc) is 2.84. The van der Waals surface area contributed by atoms with E-state index in [-0.39, 0.29) is 13.0 Å². The van der Waals surface area contributed by atoms with Gasteiger partial charge in [0.25, 0.3) is 0 Å². The van der Waals surface area contributed by atoms with Crippen LogP contribution < -0.4 is 16.8 Å². The molecule has 6 N–H and O–H groups in total. The lowest BCUT2D eigenvalue weighted by Gasteiger charge is -2.46. The lowest BCUT2D eigenvalue weighted by molar-refractivity contribution is -0.279. The molecule has 17 heteroatoms. The molecule has 0 aromatic rings. The number of rotatable bonds is 15. The molecule has 42 heavy (non-hydrogen) atoms. The molecule has 1 aliphatic heterocycles. The number of nitrogens with zero attached hydrogens (tertiary/aromatic N) is 1. The second-order valence-corrected chi connectivity index (χ2v) is 9.80. The standard InChI is InChI=1S/C25H40N4O13/c1-11(9-29(24(37)12(2)26)17(23(27)36)7-8-19(34)35)39-22-20(28-13(3)30)25(41-16(6)33)42-18(10-38-14(4)31)21(22)40-15(5)32/h11-12,17-18,20-22,25H,7-10,26H2,1-6H3,(H2,27,36)(H,28,30)(H,34,35)/t11?,12-,17+,18+,20+,21+,22+,25-/m0/s1. The number of carboxylic acid groups (broad SMARTS) is 1. The molecule has 8 atom stereocenters. The topological polar surface area (TPSA) is 253 Å². The van der Waals surface area contributed by atoms with Crippen LogP contribution in [0.25, 0.3) is 0 Å². The number of esters is 3. The summed E-state index contributed by atoms with van der Waals surface area (Å²) in [6.45, 7) is 6.51. The Morgan fingerprint density at radius 3 is 2.00 bits per heavy atom. The Morgan fingerprint density at radius 2 is 1.55 bits per heavy atom. The summed E-state index contributed by atoms with van der Waals surface area (Å²) < 4.78 is 27.7. The van der Waals surface area contributed by atoms with E-state index in [1.807, 2.05) is 0 Å². The average molecular weight is 605 g/mol. The largest absolute Gasteiger partial charge is 0.481 e. The van der Waals surface area contributed by atoms with Gasteiger partial charge in [-0.05, 0) is 20.3 Å². The van der Waals surface area contributed by atoms with Crippen LogP contribution in [-0.2, 0) is 57.2 Å². The van der Waals surface area contributed by atoms with Crippen molar-refractivity contribution in [3.63, 3.8) is 0 Å². The van der Waals surface area contributed by atoms with Gasteiger partial charge in [0.15, 0.2) is 6.10 Å². The van der Waals surface area contributed by atoms with Crippen molar-refractivity contribution in [2.24, 2.45) is 11.5 Å². The predicted molar refractivity (Wildman–Crippen MR) is 140 cm³/mol. The van der Waals surface area contributed by atoms with E-state index in [2.05, 4.69) is 5.32 Å². The zero-order valence-corrected chi connectivity index (χ0v) is 24.4. The van der Waals surface area contributed by atoms with E-state index in [0.29, 0.717) is 0 Å². The number of hydrogen-bond acceptors (Lipinski definition) is 13. The Kier molecular flexibility index (Phi) is 14.3. The lowest BCUT2D eigenvalue weighted by atomic mass is 9.95. The summed E-state index contributed by atoms with van der Waals surface area (Å²) in [5.74, 6) is -5.81. The quantitative estimate of drug-likeness (QED) is 0.116. The summed E-state index contributed by atoms with van der Waals surface area (Å²) in [4.78, 5) is 85.0. The third-order valence-electron chi connectivity index (χ3n) is 5.90. The van der Waals surface area contributed by atoms with E-state index in [9.17, 15) is 33.6 Å². The molecule has 0 spiro atoms. The molecule has 0 saturated carbocycles. The molecule has 1 saturated heterocycles. The van der Waals surface area contributed by atoms with E-state index in [0.717, 1.165) is 25.7 Å². The Bertz CT molecular complexity index is 1020. The minimum atomic E-state index is -1.49. The fourth-order valence-electron chi connectivity index (χ4n) is 4.32. The highest BCUT2D eigenvalue weighted by atomic mass is 16.7. The Hall–Kier alpha value is -3.83. The predicted octanol–water partition coefficient (Wildman–Crippen LogP) is -2.06. The van der Waals surface area contributed by atoms with E-state index in [1.165, 1.54) is 20.8 Å². The number of carboxylic acids is 1. The summed E-state index contributed by atoms with van der Waals surface area (Å²) >= 11 is 0. The van der Waals surface area contributed by atoms with E-state index in [4.69, 9.17) is 40.3 Å². The molecule has 1 fully saturated rings. The number of amides is 3. The first-order chi connectivity index (χ1) is 19.4. The maximum absolute atomic E-state index is 13.0. The summed E-state index contributed by atoms with van der Waals surface area (Å²) in [6, 6.07) is -3.74. The second kappa shape index (κ2) is 16.6. The molecule has 1 rings (SSSR count). The molecule has 0 bridgehead atoms. The number of carbonyl (C=O) groups is 7. The molecular weight excluding hydrogens is 564 g/mol. The highest BCUT2D eigenvalue weighted by Crippen LogP contribution is 2.29. The highest BCUT2D eigenvalue weighted by Gasteiger charge is 2.51. The SMILES string of the molecule is CC(=O)N[C@H]1[C@@H](OC(C)=O)O[C@H](COC(C)=O)[C@@H](OC(C)=O)[C@@H]1OC(C)CN(C(=O)[C@H](C)N)[C@H](CCC(=O)O)C(N)=O. The maximum Gasteiger partial charge on any atom is 0.305 e. The van der Waals surface area contributed by atoms with Gasteiger partial charge in [0.05, 0.1) is 12.1 Å². The Morgan fingerprint density at radius 1 is 0.952 bits per heavy atom. The second-order valence-electron chi connectivity index (χ2n) is 9.80. The smallest absolute Gasteiger partial charge is 0.305 e. The number of ether oxygens (including phenoxy) is 5. The van der Waals surface area contributed by atoms with Crippen LogP contribution in [0.4, 0.5) is 0 Å². The molecule has 0 aromatic carbocycles. The molecule has 3 amide bonds. The molecule has 0 radical (unpaired) electrons. The van der Waals surface area contributed by atoms with Gasteiger partial charge < -0.3 is 50.5 Å². The summed E-state index contributed by atoms with van der Waals surface area (Å²) in [5.41, 5.74) is 11.3. The van der Waals surface area contributed by atoms with Crippen molar-refractivity contribution in [3.05, 3.63) is 0 Å². The van der Waals surface area contributed by atoms with Gasteiger partial charge in [-0.25, -0.2) is 0 Å². The van der Waals surface area contributed by atoms with Crippen molar-refractivity contribution in [1.29, 1.82) is 0 Å². The number of aliphatic carboxylic acids is 1. The number of nitrogens with two attached hydrogens (primary N) is 2. The number of carbonyl (C=O) groups excluding carboxylic acids is 6. The zero-order valence-electron chi connectivity index (χ0n) is 24.4. The van der Waals surface area contributed by atoms with Crippen molar-refractivity contribution >= 4 is 41.6 Å². The maximum atomic E-state index is 13.0. The minimum absolute atomic E-state index is 0.309. The van der Waals surface area contributed by atoms with Gasteiger partial charge in [-0.1, -0.05) is 0 Å². The number of hydrogen-bond donors (Lipinski definition) is 4. The van der Waals surface area contributed by atoms with E-state index in [1.54, 1.807) is 0 Å². The van der Waals surface area contributed by atoms with Crippen LogP contribution in [-0.4, -0.2) is 114 Å². The van der Waals surface area contributed by atoms with Crippen molar-refractivity contribution in [2.45, 2.75) is 103 Å². The summed E-state index contributed by atoms with van der Waals surface area (Å²) in [6.07, 6.45) is -7.21. The Labute approximate surface area is 242 Å². The van der Waals surface area contributed by atoms with Crippen molar-refractivity contribution in [3.8, 4) is 0 Å². The molecule has 0 aromatic heterocycles. The molecule has 238 valence electrons. The van der Waals surface area contributed by atoms with Crippen molar-refractivity contribution in [2.75, 3.05) is 13.2 Å². The van der Waals surface area contributed by atoms with E-state index < -0.39 is 103 Å². The van der Waals surface area contributed by atoms with Gasteiger partial charge in [0.1, 0.15) is 30.9 Å². The van der Waals surface area contributed by atoms with Crippen LogP contribution >= 0.6 is 0 Å². The van der Waals surface area contributed by atoms with Crippen LogP contribution in [0.1, 0.15) is 54.4 Å². The molecular formula is C25H40N4O13. The number of primary amides is 1. The van der Waals surface area contributed by atoms with Crippen LogP contribution in [0, 0.1) is 0 Å². The lowest BCUT2D eigenvalue weighted by Crippen LogP contribution is -2.67. The molecule has 0 aliphatic carbocycles. The highest BCUT2D eigenvalue weighted by molar-refractivity contribution is 5.89. The van der Waals surface area contributed by atoms with E-state index >= 15 is 0 Å². The monoisotopic (exact) mass is 604 g/mol. The van der Waals surface area contributed by atoms with Gasteiger partial charge in [0.2, 0.25) is 24.0 Å². The fraction of sp³-hybridized carbons (Fsp3) is 0.720. The summed E-state index contributed by atoms with van der Waals surface area (Å²) in [5, 5.41) is 11.6. The third kappa shape index (κ3) is 11.6. The van der Waals surface area contributed by atoms with Crippen LogP contribution in [0.2, 0.25) is 0 Å². The zero-order chi connectivity index (χ0) is 32.3. The van der Waals surface area contributed by atoms with Gasteiger partial charge in [-0.15, -0.1) is 0 Å². The van der Waals surface area contributed by atoms with Gasteiger partial charge in [-0.3, -0.25) is 33.6 Å². The normalized spacial score (nSPS) is 23.8. The molecule has 1 aliphatic rings. The van der Waals surface area contributed by atoms with Crippen molar-refractivity contribution < 1.29 is 62.4 Å². The first kappa shape index (κ1) is 36.2. The molecule has 17 nitrogen and oxygen atoms in total. The van der Waals surface area contributed by atoms with Gasteiger partial charge in [-0.2, -0.15) is 0 Å². The van der Waals surface area contributed by atoms with Crippen LogP contribution in [0.3, 0.4) is 0 Å². The fourth-order valence-corrected chi connectivity index (χ4v) is 4.32. The first-order valence-corrected chi connectivity index (χ1v) is 13.1. The molecule has 1 heterocycles. The third-order valence-corrected chi connectivity index (χ3v) is 5.90. The number of nitrogens with one attached hydrogen (secondary N) is 1. The summed E-state index contributed by atoms with van der Waals surface area (Å²) in [7, 11) is 0. The van der Waals surface area contributed by atoms with Gasteiger partial charge in [0, 0.05) is 40.7 Å². The minimum Gasteiger partial charge on any atom is -0.481 e. The Balaban J connectivity index is 3.53. The van der Waals surface area contributed by atoms with Crippen LogP contribution in [0.15, 0.2) is 0 Å².